The Labute approximate surface area is 179 Å². The van der Waals surface area contributed by atoms with Gasteiger partial charge in [0.05, 0.1) is 13.2 Å². The number of carbonyl (C=O) groups excluding carboxylic acids is 3. The molecule has 0 spiro atoms. The van der Waals surface area contributed by atoms with Gasteiger partial charge in [0.15, 0.2) is 18.1 Å². The van der Waals surface area contributed by atoms with E-state index in [0.29, 0.717) is 36.0 Å². The highest BCUT2D eigenvalue weighted by atomic mass is 19.1. The maximum atomic E-state index is 13.1. The van der Waals surface area contributed by atoms with E-state index in [1.54, 1.807) is 24.3 Å². The van der Waals surface area contributed by atoms with Crippen LogP contribution in [0.5, 0.6) is 11.5 Å². The third kappa shape index (κ3) is 8.17. The van der Waals surface area contributed by atoms with Crippen LogP contribution in [0.1, 0.15) is 19.4 Å². The van der Waals surface area contributed by atoms with Gasteiger partial charge in [-0.15, -0.1) is 0 Å². The summed E-state index contributed by atoms with van der Waals surface area (Å²) >= 11 is 0. The number of halogens is 1. The van der Waals surface area contributed by atoms with Gasteiger partial charge < -0.3 is 19.5 Å². The van der Waals surface area contributed by atoms with Crippen LogP contribution in [0, 0.1) is 5.82 Å². The van der Waals surface area contributed by atoms with Crippen molar-refractivity contribution in [1.82, 2.24) is 5.32 Å². The Morgan fingerprint density at radius 3 is 2.45 bits per heavy atom. The highest BCUT2D eigenvalue weighted by Gasteiger charge is 2.12. The van der Waals surface area contributed by atoms with Crippen molar-refractivity contribution < 1.29 is 33.0 Å². The number of nitrogens with one attached hydrogen (secondary N) is 2. The normalized spacial score (nSPS) is 10.4. The lowest BCUT2D eigenvalue weighted by atomic mass is 10.2. The number of rotatable bonds is 9. The second kappa shape index (κ2) is 12.0. The Bertz CT molecular complexity index is 961. The third-order valence-corrected chi connectivity index (χ3v) is 3.66. The number of urea groups is 1. The van der Waals surface area contributed by atoms with Gasteiger partial charge in [-0.3, -0.25) is 10.1 Å². The summed E-state index contributed by atoms with van der Waals surface area (Å²) < 4.78 is 28.7. The zero-order chi connectivity index (χ0) is 22.6. The summed E-state index contributed by atoms with van der Waals surface area (Å²) in [5.41, 5.74) is 0.842. The second-order valence-corrected chi connectivity index (χ2v) is 6.03. The molecule has 0 saturated heterocycles. The van der Waals surface area contributed by atoms with Crippen LogP contribution in [0.25, 0.3) is 6.08 Å². The van der Waals surface area contributed by atoms with Crippen LogP contribution in [0.2, 0.25) is 0 Å². The lowest BCUT2D eigenvalue weighted by molar-refractivity contribution is -0.143. The summed E-state index contributed by atoms with van der Waals surface area (Å²) in [6.07, 6.45) is 2.40. The van der Waals surface area contributed by atoms with Crippen LogP contribution in [0.4, 0.5) is 14.9 Å². The van der Waals surface area contributed by atoms with E-state index in [-0.39, 0.29) is 0 Å². The van der Waals surface area contributed by atoms with E-state index in [2.05, 4.69) is 5.32 Å². The molecule has 0 aromatic heterocycles. The van der Waals surface area contributed by atoms with Crippen molar-refractivity contribution in [3.05, 3.63) is 59.9 Å². The lowest BCUT2D eigenvalue weighted by Gasteiger charge is -2.13. The van der Waals surface area contributed by atoms with Crippen LogP contribution in [-0.2, 0) is 14.3 Å². The van der Waals surface area contributed by atoms with Crippen LogP contribution >= 0.6 is 0 Å². The molecule has 0 fully saturated rings. The van der Waals surface area contributed by atoms with Gasteiger partial charge in [0.2, 0.25) is 0 Å². The molecular formula is C22H23FN2O6. The quantitative estimate of drug-likeness (QED) is 0.466. The van der Waals surface area contributed by atoms with Crippen molar-refractivity contribution in [3.63, 3.8) is 0 Å². The Morgan fingerprint density at radius 2 is 1.74 bits per heavy atom. The van der Waals surface area contributed by atoms with E-state index < -0.39 is 30.3 Å². The molecule has 2 aromatic rings. The molecule has 9 heteroatoms. The number of ether oxygens (including phenoxy) is 3. The number of imide groups is 1. The molecular weight excluding hydrogens is 407 g/mol. The number of hydrogen-bond donors (Lipinski definition) is 2. The average molecular weight is 430 g/mol. The first-order chi connectivity index (χ1) is 14.9. The molecule has 0 bridgehead atoms. The standard InChI is InChI=1S/C22H23FN2O6/c1-3-29-18-10-9-17(13-19(18)30-4-2)24-22(28)25-20(26)14-31-21(27)11-8-15-6-5-7-16(23)12-15/h5-13H,3-4,14H2,1-2H3,(H2,24,25,26,28)/b11-8+. The van der Waals surface area contributed by atoms with E-state index >= 15 is 0 Å². The fraction of sp³-hybridized carbons (Fsp3) is 0.227. The summed E-state index contributed by atoms with van der Waals surface area (Å²) in [7, 11) is 0. The molecule has 0 unspecified atom stereocenters. The van der Waals surface area contributed by atoms with Gasteiger partial charge in [0, 0.05) is 17.8 Å². The molecule has 2 N–H and O–H groups in total. The van der Waals surface area contributed by atoms with Crippen molar-refractivity contribution >= 4 is 29.7 Å². The Balaban J connectivity index is 1.82. The Morgan fingerprint density at radius 1 is 1.00 bits per heavy atom. The predicted molar refractivity (Wildman–Crippen MR) is 112 cm³/mol. The van der Waals surface area contributed by atoms with E-state index in [0.717, 1.165) is 6.08 Å². The number of anilines is 1. The predicted octanol–water partition coefficient (Wildman–Crippen LogP) is 3.53. The first-order valence-corrected chi connectivity index (χ1v) is 9.52. The first kappa shape index (κ1) is 23.4. The molecule has 0 atom stereocenters. The zero-order valence-electron chi connectivity index (χ0n) is 17.1. The minimum Gasteiger partial charge on any atom is -0.490 e. The summed E-state index contributed by atoms with van der Waals surface area (Å²) in [5.74, 6) is -1.09. The molecule has 2 rings (SSSR count). The molecule has 2 aromatic carbocycles. The van der Waals surface area contributed by atoms with Crippen molar-refractivity contribution in [2.45, 2.75) is 13.8 Å². The Kier molecular flexibility index (Phi) is 9.03. The molecule has 0 saturated carbocycles. The largest absolute Gasteiger partial charge is 0.490 e. The van der Waals surface area contributed by atoms with Crippen molar-refractivity contribution in [1.29, 1.82) is 0 Å². The summed E-state index contributed by atoms with van der Waals surface area (Å²) in [4.78, 5) is 35.5. The second-order valence-electron chi connectivity index (χ2n) is 6.03. The van der Waals surface area contributed by atoms with Gasteiger partial charge in [0.1, 0.15) is 5.82 Å². The maximum Gasteiger partial charge on any atom is 0.331 e. The molecule has 8 nitrogen and oxygen atoms in total. The monoisotopic (exact) mass is 430 g/mol. The summed E-state index contributed by atoms with van der Waals surface area (Å²) in [5, 5.41) is 4.53. The van der Waals surface area contributed by atoms with Gasteiger partial charge in [0.25, 0.3) is 5.91 Å². The number of benzene rings is 2. The van der Waals surface area contributed by atoms with Crippen molar-refractivity contribution in [2.75, 3.05) is 25.1 Å². The molecule has 0 radical (unpaired) electrons. The van der Waals surface area contributed by atoms with Gasteiger partial charge in [-0.1, -0.05) is 12.1 Å². The summed E-state index contributed by atoms with van der Waals surface area (Å²) in [6.45, 7) is 3.86. The molecule has 31 heavy (non-hydrogen) atoms. The van der Waals surface area contributed by atoms with Gasteiger partial charge in [-0.25, -0.2) is 14.0 Å². The topological polar surface area (TPSA) is 103 Å². The fourth-order valence-corrected chi connectivity index (χ4v) is 2.41. The van der Waals surface area contributed by atoms with Crippen LogP contribution < -0.4 is 20.1 Å². The number of amides is 3. The fourth-order valence-electron chi connectivity index (χ4n) is 2.41. The van der Waals surface area contributed by atoms with E-state index in [4.69, 9.17) is 14.2 Å². The molecule has 0 aliphatic rings. The maximum absolute atomic E-state index is 13.1. The molecule has 0 aliphatic heterocycles. The summed E-state index contributed by atoms with van der Waals surface area (Å²) in [6, 6.07) is 9.59. The Hall–Kier alpha value is -3.88. The lowest BCUT2D eigenvalue weighted by Crippen LogP contribution is -2.37. The molecule has 3 amide bonds. The number of carbonyl (C=O) groups is 3. The van der Waals surface area contributed by atoms with Crippen molar-refractivity contribution in [3.8, 4) is 11.5 Å². The van der Waals surface area contributed by atoms with Gasteiger partial charge in [-0.2, -0.15) is 0 Å². The highest BCUT2D eigenvalue weighted by Crippen LogP contribution is 2.30. The highest BCUT2D eigenvalue weighted by molar-refractivity contribution is 6.02. The SMILES string of the molecule is CCOc1ccc(NC(=O)NC(=O)COC(=O)/C=C/c2cccc(F)c2)cc1OCC. The van der Waals surface area contributed by atoms with Gasteiger partial charge >= 0.3 is 12.0 Å². The van der Waals surface area contributed by atoms with E-state index in [1.165, 1.54) is 24.3 Å². The zero-order valence-corrected chi connectivity index (χ0v) is 17.1. The van der Waals surface area contributed by atoms with Crippen LogP contribution in [-0.4, -0.2) is 37.7 Å². The van der Waals surface area contributed by atoms with Crippen molar-refractivity contribution in [2.24, 2.45) is 0 Å². The molecule has 164 valence electrons. The average Bonchev–Trinajstić information content (AvgIpc) is 2.73. The van der Waals surface area contributed by atoms with Gasteiger partial charge in [-0.05, 0) is 49.8 Å². The van der Waals surface area contributed by atoms with Crippen LogP contribution in [0.3, 0.4) is 0 Å². The first-order valence-electron chi connectivity index (χ1n) is 9.52. The minimum absolute atomic E-state index is 0.382. The third-order valence-electron chi connectivity index (χ3n) is 3.66. The van der Waals surface area contributed by atoms with E-state index in [9.17, 15) is 18.8 Å². The van der Waals surface area contributed by atoms with Crippen LogP contribution in [0.15, 0.2) is 48.5 Å². The minimum atomic E-state index is -0.819. The van der Waals surface area contributed by atoms with E-state index in [1.807, 2.05) is 19.2 Å². The number of esters is 1. The smallest absolute Gasteiger partial charge is 0.331 e. The number of hydrogen-bond acceptors (Lipinski definition) is 6. The molecule has 0 heterocycles. The molecule has 0 aliphatic carbocycles.